The fourth-order valence-electron chi connectivity index (χ4n) is 1.38. The average molecular weight is 235 g/mol. The molecule has 0 aliphatic carbocycles. The summed E-state index contributed by atoms with van der Waals surface area (Å²) in [6.07, 6.45) is 0.720. The molecule has 1 atom stereocenters. The van der Waals surface area contributed by atoms with Gasteiger partial charge in [0.15, 0.2) is 0 Å². The number of hydrogen-bond acceptors (Lipinski definition) is 3. The van der Waals surface area contributed by atoms with E-state index in [0.717, 1.165) is 12.0 Å². The lowest BCUT2D eigenvalue weighted by molar-refractivity contribution is -0.153. The van der Waals surface area contributed by atoms with E-state index in [2.05, 4.69) is 0 Å². The van der Waals surface area contributed by atoms with Gasteiger partial charge in [0.25, 0.3) is 0 Å². The zero-order valence-electron chi connectivity index (χ0n) is 10.8. The van der Waals surface area contributed by atoms with Crippen LogP contribution in [0.4, 0.5) is 0 Å². The smallest absolute Gasteiger partial charge is 0.311 e. The average Bonchev–Trinajstić information content (AvgIpc) is 2.26. The third-order valence-electron chi connectivity index (χ3n) is 2.38. The molecule has 94 valence electrons. The molecule has 3 heteroatoms. The topological polar surface area (TPSA) is 52.3 Å². The molecule has 2 N–H and O–H groups in total. The van der Waals surface area contributed by atoms with Crippen LogP contribution in [0, 0.1) is 5.41 Å². The molecule has 0 fully saturated rings. The Balaban J connectivity index is 2.36. The van der Waals surface area contributed by atoms with E-state index < -0.39 is 5.41 Å². The van der Waals surface area contributed by atoms with Crippen molar-refractivity contribution < 1.29 is 9.53 Å². The largest absolute Gasteiger partial charge is 0.464 e. The van der Waals surface area contributed by atoms with Crippen molar-refractivity contribution in [1.82, 2.24) is 0 Å². The summed E-state index contributed by atoms with van der Waals surface area (Å²) < 4.78 is 5.18. The van der Waals surface area contributed by atoms with Gasteiger partial charge < -0.3 is 10.5 Å². The molecule has 0 aromatic heterocycles. The fourth-order valence-corrected chi connectivity index (χ4v) is 1.38. The first kappa shape index (κ1) is 13.7. The molecule has 0 spiro atoms. The van der Waals surface area contributed by atoms with Crippen LogP contribution in [0.3, 0.4) is 0 Å². The molecule has 3 nitrogen and oxygen atoms in total. The first-order chi connectivity index (χ1) is 7.89. The minimum absolute atomic E-state index is 0.149. The monoisotopic (exact) mass is 235 g/mol. The van der Waals surface area contributed by atoms with Crippen LogP contribution in [0.25, 0.3) is 0 Å². The van der Waals surface area contributed by atoms with Crippen molar-refractivity contribution >= 4 is 5.97 Å². The van der Waals surface area contributed by atoms with Gasteiger partial charge in [0, 0.05) is 6.04 Å². The van der Waals surface area contributed by atoms with E-state index in [-0.39, 0.29) is 18.6 Å². The highest BCUT2D eigenvalue weighted by Gasteiger charge is 2.23. The Morgan fingerprint density at radius 1 is 1.29 bits per heavy atom. The second-order valence-corrected chi connectivity index (χ2v) is 5.30. The van der Waals surface area contributed by atoms with Crippen molar-refractivity contribution in [3.05, 3.63) is 35.9 Å². The van der Waals surface area contributed by atoms with Crippen molar-refractivity contribution in [2.24, 2.45) is 11.1 Å². The molecule has 0 aliphatic rings. The summed E-state index contributed by atoms with van der Waals surface area (Å²) in [4.78, 5) is 11.5. The summed E-state index contributed by atoms with van der Waals surface area (Å²) in [6, 6.07) is 9.81. The maximum atomic E-state index is 11.5. The number of esters is 1. The van der Waals surface area contributed by atoms with Crippen LogP contribution in [0.5, 0.6) is 0 Å². The lowest BCUT2D eigenvalue weighted by Gasteiger charge is -2.19. The Kier molecular flexibility index (Phi) is 4.70. The number of carbonyl (C=O) groups excluding carboxylic acids is 1. The maximum Gasteiger partial charge on any atom is 0.311 e. The van der Waals surface area contributed by atoms with Gasteiger partial charge in [0.05, 0.1) is 5.41 Å². The van der Waals surface area contributed by atoms with Crippen molar-refractivity contribution in [3.8, 4) is 0 Å². The van der Waals surface area contributed by atoms with Gasteiger partial charge in [-0.2, -0.15) is 0 Å². The van der Waals surface area contributed by atoms with E-state index in [0.29, 0.717) is 0 Å². The van der Waals surface area contributed by atoms with Gasteiger partial charge >= 0.3 is 5.97 Å². The SMILES string of the molecule is CC(C)(C)C(=O)OC[C@H](N)Cc1ccccc1. The van der Waals surface area contributed by atoms with Crippen LogP contribution in [0.1, 0.15) is 26.3 Å². The lowest BCUT2D eigenvalue weighted by Crippen LogP contribution is -2.33. The molecule has 0 aliphatic heterocycles. The van der Waals surface area contributed by atoms with Gasteiger partial charge in [-0.1, -0.05) is 30.3 Å². The van der Waals surface area contributed by atoms with Crippen molar-refractivity contribution in [1.29, 1.82) is 0 Å². The number of nitrogens with two attached hydrogens (primary N) is 1. The summed E-state index contributed by atoms with van der Waals surface area (Å²) in [5.41, 5.74) is 6.61. The molecule has 0 heterocycles. The van der Waals surface area contributed by atoms with E-state index in [1.54, 1.807) is 0 Å². The van der Waals surface area contributed by atoms with Gasteiger partial charge in [-0.25, -0.2) is 0 Å². The molecule has 0 bridgehead atoms. The predicted molar refractivity (Wildman–Crippen MR) is 68.5 cm³/mol. The number of hydrogen-bond donors (Lipinski definition) is 1. The summed E-state index contributed by atoms with van der Waals surface area (Å²) in [7, 11) is 0. The van der Waals surface area contributed by atoms with Crippen molar-refractivity contribution in [3.63, 3.8) is 0 Å². The van der Waals surface area contributed by atoms with Crippen LogP contribution >= 0.6 is 0 Å². The molecule has 0 radical (unpaired) electrons. The Bertz CT molecular complexity index is 354. The highest BCUT2D eigenvalue weighted by atomic mass is 16.5. The quantitative estimate of drug-likeness (QED) is 0.813. The number of carbonyl (C=O) groups is 1. The highest BCUT2D eigenvalue weighted by molar-refractivity contribution is 5.75. The minimum Gasteiger partial charge on any atom is -0.464 e. The molecule has 0 amide bonds. The predicted octanol–water partition coefficient (Wildman–Crippen LogP) is 2.15. The third-order valence-corrected chi connectivity index (χ3v) is 2.38. The molecule has 0 unspecified atom stereocenters. The lowest BCUT2D eigenvalue weighted by atomic mass is 9.97. The van der Waals surface area contributed by atoms with Crippen LogP contribution < -0.4 is 5.73 Å². The fraction of sp³-hybridized carbons (Fsp3) is 0.500. The van der Waals surface area contributed by atoms with E-state index >= 15 is 0 Å². The summed E-state index contributed by atoms with van der Waals surface area (Å²) in [5, 5.41) is 0. The molecule has 1 rings (SSSR count). The summed E-state index contributed by atoms with van der Waals surface area (Å²) in [5.74, 6) is -0.207. The van der Waals surface area contributed by atoms with Gasteiger partial charge in [0.1, 0.15) is 6.61 Å². The Morgan fingerprint density at radius 2 is 1.88 bits per heavy atom. The van der Waals surface area contributed by atoms with Crippen LogP contribution in [0.15, 0.2) is 30.3 Å². The second kappa shape index (κ2) is 5.82. The highest BCUT2D eigenvalue weighted by Crippen LogP contribution is 2.15. The summed E-state index contributed by atoms with van der Waals surface area (Å²) >= 11 is 0. The Labute approximate surface area is 103 Å². The van der Waals surface area contributed by atoms with E-state index in [1.807, 2.05) is 51.1 Å². The molecule has 1 aromatic rings. The van der Waals surface area contributed by atoms with Gasteiger partial charge in [0.2, 0.25) is 0 Å². The Morgan fingerprint density at radius 3 is 2.41 bits per heavy atom. The molecular weight excluding hydrogens is 214 g/mol. The van der Waals surface area contributed by atoms with E-state index in [9.17, 15) is 4.79 Å². The normalized spacial score (nSPS) is 13.2. The summed E-state index contributed by atoms with van der Waals surface area (Å²) in [6.45, 7) is 5.76. The van der Waals surface area contributed by atoms with Crippen LogP contribution in [-0.2, 0) is 16.0 Å². The van der Waals surface area contributed by atoms with Gasteiger partial charge in [-0.15, -0.1) is 0 Å². The third kappa shape index (κ3) is 5.00. The van der Waals surface area contributed by atoms with E-state index in [4.69, 9.17) is 10.5 Å². The maximum absolute atomic E-state index is 11.5. The number of ether oxygens (including phenoxy) is 1. The first-order valence-electron chi connectivity index (χ1n) is 5.86. The standard InChI is InChI=1S/C14H21NO2/c1-14(2,3)13(16)17-10-12(15)9-11-7-5-4-6-8-11/h4-8,12H,9-10,15H2,1-3H3/t12-/m1/s1. The molecule has 17 heavy (non-hydrogen) atoms. The van der Waals surface area contributed by atoms with Gasteiger partial charge in [-0.05, 0) is 32.8 Å². The van der Waals surface area contributed by atoms with Crippen molar-refractivity contribution in [2.45, 2.75) is 33.2 Å². The number of benzene rings is 1. The Hall–Kier alpha value is -1.35. The molecule has 1 aromatic carbocycles. The van der Waals surface area contributed by atoms with Crippen LogP contribution in [-0.4, -0.2) is 18.6 Å². The van der Waals surface area contributed by atoms with Crippen molar-refractivity contribution in [2.75, 3.05) is 6.61 Å². The van der Waals surface area contributed by atoms with E-state index in [1.165, 1.54) is 0 Å². The number of rotatable bonds is 4. The minimum atomic E-state index is -0.466. The molecule has 0 saturated heterocycles. The first-order valence-corrected chi connectivity index (χ1v) is 5.86. The zero-order valence-corrected chi connectivity index (χ0v) is 10.8. The van der Waals surface area contributed by atoms with Crippen LogP contribution in [0.2, 0.25) is 0 Å². The zero-order chi connectivity index (χ0) is 12.9. The molecule has 0 saturated carbocycles. The van der Waals surface area contributed by atoms with Gasteiger partial charge in [-0.3, -0.25) is 4.79 Å². The second-order valence-electron chi connectivity index (χ2n) is 5.30. The molecular formula is C14H21NO2.